The van der Waals surface area contributed by atoms with Gasteiger partial charge in [-0.1, -0.05) is 37.3 Å². The second kappa shape index (κ2) is 9.78. The lowest BCUT2D eigenvalue weighted by molar-refractivity contribution is 0.279. The molecule has 0 fully saturated rings. The van der Waals surface area contributed by atoms with Crippen LogP contribution in [0.15, 0.2) is 53.4 Å². The molecule has 0 spiro atoms. The van der Waals surface area contributed by atoms with Crippen molar-refractivity contribution >= 4 is 10.0 Å². The van der Waals surface area contributed by atoms with Gasteiger partial charge < -0.3 is 0 Å². The summed E-state index contributed by atoms with van der Waals surface area (Å²) in [7, 11) is -4.02. The van der Waals surface area contributed by atoms with Crippen LogP contribution in [0.25, 0.3) is 5.69 Å². The Kier molecular flexibility index (Phi) is 7.12. The molecule has 31 heavy (non-hydrogen) atoms. The topological polar surface area (TPSA) is 118 Å². The molecule has 162 valence electrons. The first kappa shape index (κ1) is 22.6. The van der Waals surface area contributed by atoms with Gasteiger partial charge in [-0.2, -0.15) is 5.26 Å². The zero-order valence-corrected chi connectivity index (χ0v) is 17.9. The minimum Gasteiger partial charge on any atom is -0.295 e. The van der Waals surface area contributed by atoms with Crippen molar-refractivity contribution < 1.29 is 12.8 Å². The molecule has 8 nitrogen and oxygen atoms in total. The molecule has 0 saturated heterocycles. The van der Waals surface area contributed by atoms with E-state index in [9.17, 15) is 12.8 Å². The van der Waals surface area contributed by atoms with Crippen LogP contribution in [-0.2, 0) is 23.0 Å². The highest BCUT2D eigenvalue weighted by atomic mass is 32.2. The molecule has 0 saturated carbocycles. The molecule has 0 bridgehead atoms. The predicted octanol–water partition coefficient (Wildman–Crippen LogP) is 2.38. The number of nitrogens with zero attached hydrogens (tertiary/aromatic N) is 5. The highest BCUT2D eigenvalue weighted by molar-refractivity contribution is 7.89. The summed E-state index contributed by atoms with van der Waals surface area (Å²) in [5.41, 5.74) is 1.05. The fourth-order valence-electron chi connectivity index (χ4n) is 3.14. The van der Waals surface area contributed by atoms with Gasteiger partial charge in [0.1, 0.15) is 17.3 Å². The Morgan fingerprint density at radius 3 is 2.58 bits per heavy atom. The number of nitriles is 1. The molecule has 2 N–H and O–H groups in total. The molecule has 3 rings (SSSR count). The van der Waals surface area contributed by atoms with E-state index in [-0.39, 0.29) is 10.6 Å². The zero-order valence-electron chi connectivity index (χ0n) is 17.1. The van der Waals surface area contributed by atoms with Crippen molar-refractivity contribution in [3.05, 3.63) is 71.6 Å². The van der Waals surface area contributed by atoms with E-state index in [4.69, 9.17) is 10.4 Å². The number of primary sulfonamides is 1. The second-order valence-corrected chi connectivity index (χ2v) is 8.51. The van der Waals surface area contributed by atoms with E-state index in [1.807, 2.05) is 42.2 Å². The van der Waals surface area contributed by atoms with E-state index in [0.29, 0.717) is 44.1 Å². The molecule has 0 aliphatic carbocycles. The van der Waals surface area contributed by atoms with Gasteiger partial charge in [0.05, 0.1) is 17.5 Å². The van der Waals surface area contributed by atoms with Gasteiger partial charge in [0.2, 0.25) is 10.0 Å². The summed E-state index contributed by atoms with van der Waals surface area (Å²) in [4.78, 5) is 6.32. The lowest BCUT2D eigenvalue weighted by Gasteiger charge is -2.16. The van der Waals surface area contributed by atoms with Crippen LogP contribution in [-0.4, -0.2) is 41.2 Å². The summed E-state index contributed by atoms with van der Waals surface area (Å²) < 4.78 is 39.3. The summed E-state index contributed by atoms with van der Waals surface area (Å²) in [6, 6.07) is 15.1. The Bertz CT molecular complexity index is 1190. The van der Waals surface area contributed by atoms with Crippen molar-refractivity contribution in [2.45, 2.75) is 31.2 Å². The molecule has 2 aromatic carbocycles. The van der Waals surface area contributed by atoms with Gasteiger partial charge in [0.25, 0.3) is 0 Å². The van der Waals surface area contributed by atoms with Gasteiger partial charge in [0.15, 0.2) is 5.82 Å². The van der Waals surface area contributed by atoms with Crippen molar-refractivity contribution in [2.24, 2.45) is 5.14 Å². The number of sulfonamides is 1. The molecule has 0 aliphatic rings. The SMILES string of the molecule is CCN(CCC#N)Cc1nc(Cc2ccccc2)n(-c2ccc(S(N)(=O)=O)cc2F)n1. The minimum absolute atomic E-state index is 0.0807. The van der Waals surface area contributed by atoms with Gasteiger partial charge in [-0.3, -0.25) is 4.90 Å². The van der Waals surface area contributed by atoms with Crippen LogP contribution in [0.4, 0.5) is 4.39 Å². The first-order valence-electron chi connectivity index (χ1n) is 9.72. The fourth-order valence-corrected chi connectivity index (χ4v) is 3.66. The highest BCUT2D eigenvalue weighted by Crippen LogP contribution is 2.20. The molecular weight excluding hydrogens is 419 g/mol. The maximum atomic E-state index is 14.8. The number of nitrogens with two attached hydrogens (primary N) is 1. The molecule has 1 aromatic heterocycles. The third-order valence-electron chi connectivity index (χ3n) is 4.75. The highest BCUT2D eigenvalue weighted by Gasteiger charge is 2.19. The van der Waals surface area contributed by atoms with Gasteiger partial charge in [-0.15, -0.1) is 5.10 Å². The quantitative estimate of drug-likeness (QED) is 0.544. The third kappa shape index (κ3) is 5.73. The van der Waals surface area contributed by atoms with Crippen molar-refractivity contribution in [3.63, 3.8) is 0 Å². The van der Waals surface area contributed by atoms with Gasteiger partial charge >= 0.3 is 0 Å². The van der Waals surface area contributed by atoms with E-state index in [0.717, 1.165) is 11.6 Å². The van der Waals surface area contributed by atoms with Crippen LogP contribution in [0.2, 0.25) is 0 Å². The molecule has 0 unspecified atom stereocenters. The molecule has 1 heterocycles. The Morgan fingerprint density at radius 2 is 1.97 bits per heavy atom. The number of aromatic nitrogens is 3. The summed E-state index contributed by atoms with van der Waals surface area (Å²) in [5.74, 6) is 0.231. The Hall–Kier alpha value is -3.13. The predicted molar refractivity (Wildman–Crippen MR) is 113 cm³/mol. The summed E-state index contributed by atoms with van der Waals surface area (Å²) >= 11 is 0. The Balaban J connectivity index is 2.01. The van der Waals surface area contributed by atoms with Gasteiger partial charge in [-0.25, -0.2) is 27.6 Å². The smallest absolute Gasteiger partial charge is 0.238 e. The van der Waals surface area contributed by atoms with Crippen LogP contribution in [0, 0.1) is 17.1 Å². The molecule has 3 aromatic rings. The van der Waals surface area contributed by atoms with Gasteiger partial charge in [-0.05, 0) is 30.3 Å². The average Bonchev–Trinajstić information content (AvgIpc) is 3.12. The van der Waals surface area contributed by atoms with Crippen LogP contribution < -0.4 is 5.14 Å². The van der Waals surface area contributed by atoms with E-state index in [1.54, 1.807) is 0 Å². The van der Waals surface area contributed by atoms with Crippen molar-refractivity contribution in [2.75, 3.05) is 13.1 Å². The third-order valence-corrected chi connectivity index (χ3v) is 5.66. The first-order valence-corrected chi connectivity index (χ1v) is 11.3. The lowest BCUT2D eigenvalue weighted by atomic mass is 10.1. The summed E-state index contributed by atoms with van der Waals surface area (Å²) in [6.45, 7) is 3.67. The van der Waals surface area contributed by atoms with Crippen LogP contribution in [0.1, 0.15) is 30.6 Å². The number of hydrogen-bond donors (Lipinski definition) is 1. The standard InChI is InChI=1S/C21H23FN6O2S/c1-2-27(12-6-11-23)15-20-25-21(13-16-7-4-3-5-8-16)28(26-20)19-10-9-17(14-18(19)22)31(24,29)30/h3-5,7-10,14H,2,6,12-13,15H2,1H3,(H2,24,29,30). The molecule has 0 aliphatic heterocycles. The van der Waals surface area contributed by atoms with Gasteiger partial charge in [0, 0.05) is 19.4 Å². The largest absolute Gasteiger partial charge is 0.295 e. The van der Waals surface area contributed by atoms with Crippen LogP contribution >= 0.6 is 0 Å². The molecule has 0 amide bonds. The molecule has 10 heteroatoms. The number of hydrogen-bond acceptors (Lipinski definition) is 6. The minimum atomic E-state index is -4.02. The maximum Gasteiger partial charge on any atom is 0.238 e. The fraction of sp³-hybridized carbons (Fsp3) is 0.286. The molecule has 0 atom stereocenters. The lowest BCUT2D eigenvalue weighted by Crippen LogP contribution is -2.24. The second-order valence-electron chi connectivity index (χ2n) is 6.95. The normalized spacial score (nSPS) is 11.6. The van der Waals surface area contributed by atoms with E-state index in [2.05, 4.69) is 16.2 Å². The van der Waals surface area contributed by atoms with Crippen molar-refractivity contribution in [3.8, 4) is 11.8 Å². The van der Waals surface area contributed by atoms with Crippen molar-refractivity contribution in [1.29, 1.82) is 5.26 Å². The number of rotatable bonds is 9. The van der Waals surface area contributed by atoms with E-state index < -0.39 is 15.8 Å². The average molecular weight is 443 g/mol. The van der Waals surface area contributed by atoms with E-state index >= 15 is 0 Å². The first-order chi connectivity index (χ1) is 14.8. The molecular formula is C21H23FN6O2S. The monoisotopic (exact) mass is 442 g/mol. The maximum absolute atomic E-state index is 14.8. The zero-order chi connectivity index (χ0) is 22.4. The Labute approximate surface area is 180 Å². The van der Waals surface area contributed by atoms with Crippen LogP contribution in [0.5, 0.6) is 0 Å². The van der Waals surface area contributed by atoms with E-state index in [1.165, 1.54) is 16.8 Å². The number of halogens is 1. The number of benzene rings is 2. The molecule has 0 radical (unpaired) electrons. The summed E-state index contributed by atoms with van der Waals surface area (Å²) in [5, 5.41) is 18.4. The Morgan fingerprint density at radius 1 is 1.23 bits per heavy atom. The van der Waals surface area contributed by atoms with Crippen LogP contribution in [0.3, 0.4) is 0 Å². The summed E-state index contributed by atoms with van der Waals surface area (Å²) in [6.07, 6.45) is 0.795. The van der Waals surface area contributed by atoms with Crippen molar-refractivity contribution in [1.82, 2.24) is 19.7 Å².